The zero-order chi connectivity index (χ0) is 18.6. The molecule has 0 aromatic heterocycles. The van der Waals surface area contributed by atoms with Crippen molar-refractivity contribution >= 4 is 27.5 Å². The molecule has 1 N–H and O–H groups in total. The number of hydrogen-bond acceptors (Lipinski definition) is 5. The van der Waals surface area contributed by atoms with Crippen LogP contribution in [-0.4, -0.2) is 37.5 Å². The van der Waals surface area contributed by atoms with Crippen LogP contribution in [0.25, 0.3) is 0 Å². The van der Waals surface area contributed by atoms with Crippen molar-refractivity contribution in [3.05, 3.63) is 51.5 Å². The number of benzene rings is 2. The minimum absolute atomic E-state index is 0.0000416. The lowest BCUT2D eigenvalue weighted by Crippen LogP contribution is -2.43. The number of amides is 1. The van der Waals surface area contributed by atoms with Crippen LogP contribution in [0.4, 0.5) is 5.69 Å². The van der Waals surface area contributed by atoms with E-state index in [2.05, 4.69) is 26.9 Å². The SMILES string of the molecule is O=C1N(CCCOO)c2cccc(Br)c2C12COc1cc3c(cc12)CCO3. The number of rotatable bonds is 4. The third-order valence-corrected chi connectivity index (χ3v) is 6.29. The van der Waals surface area contributed by atoms with Gasteiger partial charge < -0.3 is 14.4 Å². The first-order valence-corrected chi connectivity index (χ1v) is 9.76. The van der Waals surface area contributed by atoms with E-state index in [1.807, 2.05) is 24.3 Å². The van der Waals surface area contributed by atoms with Gasteiger partial charge in [0.25, 0.3) is 0 Å². The molecule has 7 heteroatoms. The van der Waals surface area contributed by atoms with Crippen LogP contribution in [0.15, 0.2) is 34.8 Å². The van der Waals surface area contributed by atoms with Crippen molar-refractivity contribution < 1.29 is 24.4 Å². The summed E-state index contributed by atoms with van der Waals surface area (Å²) >= 11 is 3.66. The highest BCUT2D eigenvalue weighted by molar-refractivity contribution is 9.10. The summed E-state index contributed by atoms with van der Waals surface area (Å²) in [4.78, 5) is 19.7. The first-order chi connectivity index (χ1) is 13.2. The predicted molar refractivity (Wildman–Crippen MR) is 102 cm³/mol. The van der Waals surface area contributed by atoms with E-state index in [0.29, 0.717) is 25.3 Å². The molecule has 1 atom stereocenters. The zero-order valence-electron chi connectivity index (χ0n) is 14.5. The van der Waals surface area contributed by atoms with E-state index in [9.17, 15) is 4.79 Å². The molecule has 3 heterocycles. The number of carbonyl (C=O) groups excluding carboxylic acids is 1. The number of hydrogen-bond donors (Lipinski definition) is 1. The van der Waals surface area contributed by atoms with Gasteiger partial charge >= 0.3 is 0 Å². The number of nitrogens with zero attached hydrogens (tertiary/aromatic N) is 1. The van der Waals surface area contributed by atoms with Gasteiger partial charge in [-0.1, -0.05) is 22.0 Å². The van der Waals surface area contributed by atoms with E-state index in [-0.39, 0.29) is 19.1 Å². The second-order valence-electron chi connectivity index (χ2n) is 7.03. The monoisotopic (exact) mass is 431 g/mol. The second-order valence-corrected chi connectivity index (χ2v) is 7.88. The van der Waals surface area contributed by atoms with E-state index in [1.54, 1.807) is 4.90 Å². The van der Waals surface area contributed by atoms with E-state index < -0.39 is 5.41 Å². The largest absolute Gasteiger partial charge is 0.493 e. The third-order valence-electron chi connectivity index (χ3n) is 5.63. The average molecular weight is 432 g/mol. The van der Waals surface area contributed by atoms with Gasteiger partial charge in [0, 0.05) is 40.3 Å². The Labute approximate surface area is 164 Å². The van der Waals surface area contributed by atoms with Gasteiger partial charge in [-0.25, -0.2) is 4.89 Å². The lowest BCUT2D eigenvalue weighted by Gasteiger charge is -2.23. The van der Waals surface area contributed by atoms with Crippen molar-refractivity contribution in [2.75, 3.05) is 31.3 Å². The van der Waals surface area contributed by atoms with Crippen LogP contribution >= 0.6 is 15.9 Å². The van der Waals surface area contributed by atoms with Crippen molar-refractivity contribution in [1.29, 1.82) is 0 Å². The first kappa shape index (κ1) is 17.0. The summed E-state index contributed by atoms with van der Waals surface area (Å²) in [5.74, 6) is 1.56. The van der Waals surface area contributed by atoms with Gasteiger partial charge in [-0.05, 0) is 30.2 Å². The van der Waals surface area contributed by atoms with E-state index in [0.717, 1.165) is 39.0 Å². The van der Waals surface area contributed by atoms with E-state index >= 15 is 0 Å². The number of carbonyl (C=O) groups is 1. The highest BCUT2D eigenvalue weighted by atomic mass is 79.9. The molecular weight excluding hydrogens is 414 g/mol. The predicted octanol–water partition coefficient (Wildman–Crippen LogP) is 3.29. The van der Waals surface area contributed by atoms with Crippen LogP contribution in [0.2, 0.25) is 0 Å². The van der Waals surface area contributed by atoms with Crippen LogP contribution in [0, 0.1) is 0 Å². The molecule has 1 unspecified atom stereocenters. The summed E-state index contributed by atoms with van der Waals surface area (Å²) in [6, 6.07) is 9.84. The lowest BCUT2D eigenvalue weighted by atomic mass is 9.76. The van der Waals surface area contributed by atoms with Gasteiger partial charge in [0.05, 0.1) is 13.2 Å². The molecule has 5 rings (SSSR count). The Morgan fingerprint density at radius 3 is 3.00 bits per heavy atom. The van der Waals surface area contributed by atoms with Crippen LogP contribution in [0.1, 0.15) is 23.1 Å². The molecule has 140 valence electrons. The molecule has 27 heavy (non-hydrogen) atoms. The van der Waals surface area contributed by atoms with Gasteiger partial charge in [-0.15, -0.1) is 0 Å². The number of halogens is 1. The Hall–Kier alpha value is -2.09. The molecule has 0 radical (unpaired) electrons. The Bertz CT molecular complexity index is 946. The number of ether oxygens (including phenoxy) is 2. The lowest BCUT2D eigenvalue weighted by molar-refractivity contribution is -0.242. The quantitative estimate of drug-likeness (QED) is 0.456. The fourth-order valence-corrected chi connectivity index (χ4v) is 5.12. The topological polar surface area (TPSA) is 68.2 Å². The molecule has 0 aliphatic carbocycles. The van der Waals surface area contributed by atoms with Crippen LogP contribution in [0.3, 0.4) is 0 Å². The van der Waals surface area contributed by atoms with Crippen molar-refractivity contribution in [2.24, 2.45) is 0 Å². The molecule has 0 bridgehead atoms. The number of anilines is 1. The van der Waals surface area contributed by atoms with Crippen molar-refractivity contribution in [3.8, 4) is 11.5 Å². The van der Waals surface area contributed by atoms with Gasteiger partial charge in [0.15, 0.2) is 0 Å². The average Bonchev–Trinajstić information content (AvgIpc) is 3.33. The first-order valence-electron chi connectivity index (χ1n) is 8.97. The highest BCUT2D eigenvalue weighted by Gasteiger charge is 2.58. The zero-order valence-corrected chi connectivity index (χ0v) is 16.1. The second kappa shape index (κ2) is 6.22. The Morgan fingerprint density at radius 1 is 1.26 bits per heavy atom. The van der Waals surface area contributed by atoms with Gasteiger partial charge in [-0.3, -0.25) is 10.1 Å². The van der Waals surface area contributed by atoms with E-state index in [1.165, 1.54) is 0 Å². The summed E-state index contributed by atoms with van der Waals surface area (Å²) in [5.41, 5.74) is 2.98. The molecule has 0 saturated carbocycles. The van der Waals surface area contributed by atoms with Crippen LogP contribution in [-0.2, 0) is 21.5 Å². The highest BCUT2D eigenvalue weighted by Crippen LogP contribution is 2.55. The van der Waals surface area contributed by atoms with Gasteiger partial charge in [0.1, 0.15) is 23.5 Å². The smallest absolute Gasteiger partial charge is 0.245 e. The van der Waals surface area contributed by atoms with Crippen LogP contribution in [0.5, 0.6) is 11.5 Å². The third kappa shape index (κ3) is 2.28. The molecule has 2 aromatic rings. The van der Waals surface area contributed by atoms with Crippen molar-refractivity contribution in [2.45, 2.75) is 18.3 Å². The number of fused-ring (bicyclic) bond motifs is 5. The molecule has 0 fully saturated rings. The standard InChI is InChI=1S/C20H18BrNO5/c21-14-3-1-4-15-18(14)20(19(23)22(15)6-2-7-27-24)11-26-17-10-16-12(5-8-25-16)9-13(17)20/h1,3-4,9-10,24H,2,5-8,11H2. The Kier molecular flexibility index (Phi) is 3.93. The molecule has 2 aromatic carbocycles. The maximum Gasteiger partial charge on any atom is 0.245 e. The molecule has 6 nitrogen and oxygen atoms in total. The molecular formula is C20H18BrNO5. The van der Waals surface area contributed by atoms with Crippen molar-refractivity contribution in [1.82, 2.24) is 0 Å². The Morgan fingerprint density at radius 2 is 2.15 bits per heavy atom. The maximum atomic E-state index is 13.7. The van der Waals surface area contributed by atoms with E-state index in [4.69, 9.17) is 14.7 Å². The fourth-order valence-electron chi connectivity index (χ4n) is 4.42. The fraction of sp³-hybridized carbons (Fsp3) is 0.350. The summed E-state index contributed by atoms with van der Waals surface area (Å²) in [5, 5.41) is 8.63. The van der Waals surface area contributed by atoms with Gasteiger partial charge in [-0.2, -0.15) is 0 Å². The summed E-state index contributed by atoms with van der Waals surface area (Å²) in [6.45, 7) is 1.57. The maximum absolute atomic E-state index is 13.7. The molecule has 0 saturated heterocycles. The molecule has 3 aliphatic heterocycles. The summed E-state index contributed by atoms with van der Waals surface area (Å²) in [7, 11) is 0. The van der Waals surface area contributed by atoms with Crippen molar-refractivity contribution in [3.63, 3.8) is 0 Å². The molecule has 1 amide bonds. The summed E-state index contributed by atoms with van der Waals surface area (Å²) in [6.07, 6.45) is 1.38. The molecule has 1 spiro atoms. The summed E-state index contributed by atoms with van der Waals surface area (Å²) < 4.78 is 12.6. The molecule has 3 aliphatic rings. The van der Waals surface area contributed by atoms with Gasteiger partial charge in [0.2, 0.25) is 5.91 Å². The normalized spacial score (nSPS) is 21.9. The Balaban J connectivity index is 1.67. The minimum Gasteiger partial charge on any atom is -0.493 e. The van der Waals surface area contributed by atoms with Crippen LogP contribution < -0.4 is 14.4 Å². The minimum atomic E-state index is -0.859.